The lowest BCUT2D eigenvalue weighted by atomic mass is 10.3. The van der Waals surface area contributed by atoms with Crippen LogP contribution >= 0.6 is 11.6 Å². The van der Waals surface area contributed by atoms with Crippen molar-refractivity contribution in [1.29, 1.82) is 0 Å². The van der Waals surface area contributed by atoms with Gasteiger partial charge in [-0.2, -0.15) is 5.48 Å². The zero-order valence-electron chi connectivity index (χ0n) is 6.17. The van der Waals surface area contributed by atoms with E-state index in [0.29, 0.717) is 11.6 Å². The first-order chi connectivity index (χ1) is 5.34. The maximum atomic E-state index is 5.80. The molecular formula is C7H9ClN2O. The fourth-order valence-corrected chi connectivity index (χ4v) is 0.877. The van der Waals surface area contributed by atoms with Crippen molar-refractivity contribution in [2.45, 2.75) is 6.54 Å². The van der Waals surface area contributed by atoms with Crippen molar-refractivity contribution >= 4 is 11.6 Å². The van der Waals surface area contributed by atoms with Crippen molar-refractivity contribution in [3.8, 4) is 0 Å². The highest BCUT2D eigenvalue weighted by atomic mass is 35.5. The topological polar surface area (TPSA) is 34.1 Å². The second-order valence-electron chi connectivity index (χ2n) is 1.96. The summed E-state index contributed by atoms with van der Waals surface area (Å²) < 4.78 is 0. The van der Waals surface area contributed by atoms with E-state index in [0.717, 1.165) is 5.69 Å². The lowest BCUT2D eigenvalue weighted by Crippen LogP contribution is -2.12. The summed E-state index contributed by atoms with van der Waals surface area (Å²) in [6.45, 7) is 0.524. The van der Waals surface area contributed by atoms with Gasteiger partial charge in [0, 0.05) is 6.20 Å². The first-order valence-electron chi connectivity index (χ1n) is 3.20. The molecule has 11 heavy (non-hydrogen) atoms. The maximum absolute atomic E-state index is 5.80. The van der Waals surface area contributed by atoms with Crippen LogP contribution in [0.2, 0.25) is 5.02 Å². The van der Waals surface area contributed by atoms with E-state index in [1.54, 1.807) is 25.4 Å². The Morgan fingerprint density at radius 3 is 3.18 bits per heavy atom. The molecule has 0 saturated heterocycles. The van der Waals surface area contributed by atoms with E-state index >= 15 is 0 Å². The van der Waals surface area contributed by atoms with E-state index in [9.17, 15) is 0 Å². The van der Waals surface area contributed by atoms with Gasteiger partial charge in [-0.1, -0.05) is 11.6 Å². The smallest absolute Gasteiger partial charge is 0.0751 e. The van der Waals surface area contributed by atoms with Gasteiger partial charge in [0.15, 0.2) is 0 Å². The number of hydrogen-bond acceptors (Lipinski definition) is 3. The highest BCUT2D eigenvalue weighted by molar-refractivity contribution is 6.31. The average molecular weight is 173 g/mol. The third kappa shape index (κ3) is 2.46. The van der Waals surface area contributed by atoms with Gasteiger partial charge in [-0.05, 0) is 12.1 Å². The van der Waals surface area contributed by atoms with Gasteiger partial charge in [0.1, 0.15) is 0 Å². The molecule has 0 radical (unpaired) electrons. The molecule has 3 nitrogen and oxygen atoms in total. The summed E-state index contributed by atoms with van der Waals surface area (Å²) in [4.78, 5) is 8.69. The standard InChI is InChI=1S/C7H9ClN2O/c1-11-10-5-7-6(8)3-2-4-9-7/h2-4,10H,5H2,1H3. The second-order valence-corrected chi connectivity index (χ2v) is 2.36. The van der Waals surface area contributed by atoms with Crippen LogP contribution in [-0.4, -0.2) is 12.1 Å². The minimum atomic E-state index is 0.524. The number of pyridine rings is 1. The summed E-state index contributed by atoms with van der Waals surface area (Å²) in [5.74, 6) is 0. The number of hydrogen-bond donors (Lipinski definition) is 1. The van der Waals surface area contributed by atoms with E-state index in [-0.39, 0.29) is 0 Å². The van der Waals surface area contributed by atoms with E-state index in [1.807, 2.05) is 0 Å². The summed E-state index contributed by atoms with van der Waals surface area (Å²) in [6, 6.07) is 3.58. The van der Waals surface area contributed by atoms with Crippen LogP contribution in [0.3, 0.4) is 0 Å². The highest BCUT2D eigenvalue weighted by Crippen LogP contribution is 2.10. The normalized spacial score (nSPS) is 10.0. The maximum Gasteiger partial charge on any atom is 0.0751 e. The number of halogens is 1. The van der Waals surface area contributed by atoms with Crippen molar-refractivity contribution in [2.24, 2.45) is 0 Å². The molecule has 1 heterocycles. The minimum Gasteiger partial charge on any atom is -0.305 e. The minimum absolute atomic E-state index is 0.524. The van der Waals surface area contributed by atoms with Gasteiger partial charge in [0.05, 0.1) is 24.4 Å². The van der Waals surface area contributed by atoms with Crippen LogP contribution in [0.1, 0.15) is 5.69 Å². The average Bonchev–Trinajstić information content (AvgIpc) is 2.03. The molecule has 60 valence electrons. The molecule has 0 spiro atoms. The fourth-order valence-electron chi connectivity index (χ4n) is 0.689. The van der Waals surface area contributed by atoms with Gasteiger partial charge >= 0.3 is 0 Å². The summed E-state index contributed by atoms with van der Waals surface area (Å²) in [5, 5.41) is 0.650. The second kappa shape index (κ2) is 4.28. The Bertz CT molecular complexity index is 229. The predicted octanol–water partition coefficient (Wildman–Crippen LogP) is 1.39. The molecule has 1 rings (SSSR count). The van der Waals surface area contributed by atoms with E-state index in [2.05, 4.69) is 15.3 Å². The fraction of sp³-hybridized carbons (Fsp3) is 0.286. The van der Waals surface area contributed by atoms with Crippen molar-refractivity contribution in [2.75, 3.05) is 7.11 Å². The molecule has 0 atom stereocenters. The van der Waals surface area contributed by atoms with Crippen molar-refractivity contribution in [3.63, 3.8) is 0 Å². The van der Waals surface area contributed by atoms with Crippen LogP contribution in [0.15, 0.2) is 18.3 Å². The lowest BCUT2D eigenvalue weighted by Gasteiger charge is -2.01. The molecule has 0 aliphatic rings. The van der Waals surface area contributed by atoms with Crippen LogP contribution in [-0.2, 0) is 11.4 Å². The van der Waals surface area contributed by atoms with Crippen molar-refractivity contribution in [3.05, 3.63) is 29.0 Å². The van der Waals surface area contributed by atoms with Gasteiger partial charge in [0.2, 0.25) is 0 Å². The van der Waals surface area contributed by atoms with Gasteiger partial charge in [0.25, 0.3) is 0 Å². The molecule has 1 aromatic rings. The Labute approximate surface area is 70.3 Å². The number of rotatable bonds is 3. The summed E-state index contributed by atoms with van der Waals surface area (Å²) >= 11 is 5.80. The quantitative estimate of drug-likeness (QED) is 0.700. The Morgan fingerprint density at radius 2 is 2.55 bits per heavy atom. The van der Waals surface area contributed by atoms with E-state index in [1.165, 1.54) is 0 Å². The van der Waals surface area contributed by atoms with Crippen LogP contribution in [0.5, 0.6) is 0 Å². The van der Waals surface area contributed by atoms with Crippen LogP contribution < -0.4 is 5.48 Å². The molecule has 0 fully saturated rings. The zero-order chi connectivity index (χ0) is 8.10. The molecular weight excluding hydrogens is 164 g/mol. The van der Waals surface area contributed by atoms with Crippen LogP contribution in [0.25, 0.3) is 0 Å². The van der Waals surface area contributed by atoms with Crippen molar-refractivity contribution in [1.82, 2.24) is 10.5 Å². The third-order valence-corrected chi connectivity index (χ3v) is 1.56. The molecule has 4 heteroatoms. The molecule has 0 unspecified atom stereocenters. The van der Waals surface area contributed by atoms with Gasteiger partial charge < -0.3 is 4.84 Å². The number of aromatic nitrogens is 1. The largest absolute Gasteiger partial charge is 0.305 e. The Morgan fingerprint density at radius 1 is 1.73 bits per heavy atom. The molecule has 0 aliphatic heterocycles. The van der Waals surface area contributed by atoms with Gasteiger partial charge in [-0.15, -0.1) is 0 Å². The van der Waals surface area contributed by atoms with E-state index < -0.39 is 0 Å². The van der Waals surface area contributed by atoms with Gasteiger partial charge in [-0.25, -0.2) is 0 Å². The number of nitrogens with one attached hydrogen (secondary N) is 1. The molecule has 0 aliphatic carbocycles. The number of hydroxylamine groups is 1. The van der Waals surface area contributed by atoms with Crippen LogP contribution in [0.4, 0.5) is 0 Å². The molecule has 0 bridgehead atoms. The molecule has 0 aromatic carbocycles. The first kappa shape index (κ1) is 8.46. The van der Waals surface area contributed by atoms with E-state index in [4.69, 9.17) is 11.6 Å². The lowest BCUT2D eigenvalue weighted by molar-refractivity contribution is 0.0858. The van der Waals surface area contributed by atoms with Crippen LogP contribution in [0, 0.1) is 0 Å². The van der Waals surface area contributed by atoms with Gasteiger partial charge in [-0.3, -0.25) is 4.98 Å². The Balaban J connectivity index is 2.62. The van der Waals surface area contributed by atoms with Crippen molar-refractivity contribution < 1.29 is 4.84 Å². The SMILES string of the molecule is CONCc1ncccc1Cl. The summed E-state index contributed by atoms with van der Waals surface area (Å²) in [5.41, 5.74) is 3.45. The molecule has 0 saturated carbocycles. The number of nitrogens with zero attached hydrogens (tertiary/aromatic N) is 1. The molecule has 0 amide bonds. The molecule has 1 aromatic heterocycles. The highest BCUT2D eigenvalue weighted by Gasteiger charge is 1.97. The summed E-state index contributed by atoms with van der Waals surface area (Å²) in [6.07, 6.45) is 1.69. The Kier molecular flexibility index (Phi) is 3.29. The zero-order valence-corrected chi connectivity index (χ0v) is 6.93. The first-order valence-corrected chi connectivity index (χ1v) is 3.57. The summed E-state index contributed by atoms with van der Waals surface area (Å²) in [7, 11) is 1.55. The Hall–Kier alpha value is -0.640. The molecule has 1 N–H and O–H groups in total. The third-order valence-electron chi connectivity index (χ3n) is 1.22. The predicted molar refractivity (Wildman–Crippen MR) is 43.1 cm³/mol. The monoisotopic (exact) mass is 172 g/mol.